The summed E-state index contributed by atoms with van der Waals surface area (Å²) < 4.78 is 9.63. The summed E-state index contributed by atoms with van der Waals surface area (Å²) in [5.41, 5.74) is 0.674. The lowest BCUT2D eigenvalue weighted by molar-refractivity contribution is 0.144. The molecule has 0 spiro atoms. The summed E-state index contributed by atoms with van der Waals surface area (Å²) >= 11 is 0. The summed E-state index contributed by atoms with van der Waals surface area (Å²) in [6.07, 6.45) is 3.55. The SMILES string of the molecule is CCOC(=O)NC1=CCCCC1NC(=O)OCC. The zero-order valence-corrected chi connectivity index (χ0v) is 10.8. The van der Waals surface area contributed by atoms with Gasteiger partial charge in [-0.2, -0.15) is 0 Å². The van der Waals surface area contributed by atoms with Crippen LogP contribution in [0, 0.1) is 0 Å². The molecule has 2 N–H and O–H groups in total. The first kappa shape index (κ1) is 14.3. The molecule has 0 saturated heterocycles. The van der Waals surface area contributed by atoms with Gasteiger partial charge in [0.1, 0.15) is 0 Å². The van der Waals surface area contributed by atoms with Crippen molar-refractivity contribution in [2.24, 2.45) is 0 Å². The maximum atomic E-state index is 11.4. The van der Waals surface area contributed by atoms with Crippen molar-refractivity contribution in [1.82, 2.24) is 10.6 Å². The molecule has 1 unspecified atom stereocenters. The van der Waals surface area contributed by atoms with E-state index in [1.54, 1.807) is 13.8 Å². The Morgan fingerprint density at radius 3 is 2.61 bits per heavy atom. The second kappa shape index (κ2) is 7.58. The number of hydrogen-bond donors (Lipinski definition) is 2. The third-order valence-electron chi connectivity index (χ3n) is 2.53. The second-order valence-electron chi connectivity index (χ2n) is 3.85. The topological polar surface area (TPSA) is 76.7 Å². The van der Waals surface area contributed by atoms with Crippen LogP contribution in [0.15, 0.2) is 11.8 Å². The van der Waals surface area contributed by atoms with Crippen molar-refractivity contribution in [2.45, 2.75) is 39.2 Å². The molecule has 0 aromatic rings. The number of carbonyl (C=O) groups excluding carboxylic acids is 2. The molecule has 6 nitrogen and oxygen atoms in total. The fourth-order valence-electron chi connectivity index (χ4n) is 1.77. The quantitative estimate of drug-likeness (QED) is 0.805. The predicted octanol–water partition coefficient (Wildman–Crippen LogP) is 1.92. The van der Waals surface area contributed by atoms with Crippen molar-refractivity contribution in [1.29, 1.82) is 0 Å². The molecule has 1 aliphatic rings. The lowest BCUT2D eigenvalue weighted by atomic mass is 9.99. The molecule has 0 bridgehead atoms. The van der Waals surface area contributed by atoms with Gasteiger partial charge >= 0.3 is 12.2 Å². The Labute approximate surface area is 107 Å². The largest absolute Gasteiger partial charge is 0.450 e. The van der Waals surface area contributed by atoms with Gasteiger partial charge < -0.3 is 14.8 Å². The summed E-state index contributed by atoms with van der Waals surface area (Å²) in [7, 11) is 0. The molecule has 0 aromatic heterocycles. The van der Waals surface area contributed by atoms with Crippen molar-refractivity contribution in [3.8, 4) is 0 Å². The minimum Gasteiger partial charge on any atom is -0.450 e. The number of amides is 2. The number of nitrogens with one attached hydrogen (secondary N) is 2. The first-order chi connectivity index (χ1) is 8.67. The number of alkyl carbamates (subject to hydrolysis) is 2. The van der Waals surface area contributed by atoms with Crippen molar-refractivity contribution in [3.63, 3.8) is 0 Å². The Hall–Kier alpha value is -1.72. The first-order valence-electron chi connectivity index (χ1n) is 6.24. The van der Waals surface area contributed by atoms with Gasteiger partial charge in [-0.3, -0.25) is 5.32 Å². The molecule has 102 valence electrons. The highest BCUT2D eigenvalue weighted by Crippen LogP contribution is 2.16. The molecular weight excluding hydrogens is 236 g/mol. The van der Waals surface area contributed by atoms with Crippen LogP contribution < -0.4 is 10.6 Å². The molecule has 0 aromatic carbocycles. The minimum atomic E-state index is -0.499. The van der Waals surface area contributed by atoms with Crippen molar-refractivity contribution < 1.29 is 19.1 Å². The lowest BCUT2D eigenvalue weighted by Crippen LogP contribution is -2.43. The Kier molecular flexibility index (Phi) is 6.04. The van der Waals surface area contributed by atoms with Gasteiger partial charge in [0, 0.05) is 5.70 Å². The van der Waals surface area contributed by atoms with Crippen LogP contribution in [0.2, 0.25) is 0 Å². The van der Waals surface area contributed by atoms with Crippen LogP contribution in [0.3, 0.4) is 0 Å². The third-order valence-corrected chi connectivity index (χ3v) is 2.53. The fourth-order valence-corrected chi connectivity index (χ4v) is 1.77. The van der Waals surface area contributed by atoms with Gasteiger partial charge in [0.05, 0.1) is 19.3 Å². The maximum absolute atomic E-state index is 11.4. The first-order valence-corrected chi connectivity index (χ1v) is 6.24. The number of rotatable bonds is 4. The highest BCUT2D eigenvalue weighted by atomic mass is 16.6. The van der Waals surface area contributed by atoms with E-state index in [9.17, 15) is 9.59 Å². The summed E-state index contributed by atoms with van der Waals surface area (Å²) in [6.45, 7) is 4.12. The van der Waals surface area contributed by atoms with Crippen molar-refractivity contribution in [2.75, 3.05) is 13.2 Å². The van der Waals surface area contributed by atoms with Crippen molar-refractivity contribution >= 4 is 12.2 Å². The molecule has 0 radical (unpaired) electrons. The predicted molar refractivity (Wildman–Crippen MR) is 66.0 cm³/mol. The van der Waals surface area contributed by atoms with E-state index in [1.165, 1.54) is 0 Å². The maximum Gasteiger partial charge on any atom is 0.411 e. The van der Waals surface area contributed by atoms with Crippen molar-refractivity contribution in [3.05, 3.63) is 11.8 Å². The van der Waals surface area contributed by atoms with Gasteiger partial charge in [-0.1, -0.05) is 6.08 Å². The lowest BCUT2D eigenvalue weighted by Gasteiger charge is -2.25. The highest BCUT2D eigenvalue weighted by molar-refractivity contribution is 5.71. The molecule has 0 aliphatic heterocycles. The van der Waals surface area contributed by atoms with Gasteiger partial charge in [-0.25, -0.2) is 9.59 Å². The van der Waals surface area contributed by atoms with Gasteiger partial charge in [-0.05, 0) is 33.1 Å². The van der Waals surface area contributed by atoms with E-state index in [2.05, 4.69) is 10.6 Å². The Morgan fingerprint density at radius 1 is 1.28 bits per heavy atom. The molecule has 2 amide bonds. The molecule has 0 saturated carbocycles. The normalized spacial score (nSPS) is 18.6. The zero-order chi connectivity index (χ0) is 13.4. The summed E-state index contributed by atoms with van der Waals surface area (Å²) in [5.74, 6) is 0. The van der Waals surface area contributed by atoms with Crippen LogP contribution in [-0.4, -0.2) is 31.4 Å². The number of allylic oxidation sites excluding steroid dienone is 1. The number of hydrogen-bond acceptors (Lipinski definition) is 4. The van der Waals surface area contributed by atoms with E-state index in [0.29, 0.717) is 18.9 Å². The van der Waals surface area contributed by atoms with Crippen LogP contribution in [-0.2, 0) is 9.47 Å². The molecule has 1 aliphatic carbocycles. The van der Waals surface area contributed by atoms with E-state index in [-0.39, 0.29) is 6.04 Å². The fraction of sp³-hybridized carbons (Fsp3) is 0.667. The molecule has 1 atom stereocenters. The summed E-state index contributed by atoms with van der Waals surface area (Å²) in [6, 6.07) is -0.220. The second-order valence-corrected chi connectivity index (χ2v) is 3.85. The minimum absolute atomic E-state index is 0.220. The number of ether oxygens (including phenoxy) is 2. The van der Waals surface area contributed by atoms with E-state index >= 15 is 0 Å². The Bertz CT molecular complexity index is 328. The highest BCUT2D eigenvalue weighted by Gasteiger charge is 2.22. The molecule has 0 heterocycles. The summed E-state index contributed by atoms with van der Waals surface area (Å²) in [4.78, 5) is 22.7. The van der Waals surface area contributed by atoms with Crippen LogP contribution in [0.25, 0.3) is 0 Å². The summed E-state index contributed by atoms with van der Waals surface area (Å²) in [5, 5.41) is 5.36. The molecular formula is C12H20N2O4. The molecule has 18 heavy (non-hydrogen) atoms. The third kappa shape index (κ3) is 4.65. The molecule has 0 fully saturated rings. The monoisotopic (exact) mass is 256 g/mol. The Morgan fingerprint density at radius 2 is 1.94 bits per heavy atom. The smallest absolute Gasteiger partial charge is 0.411 e. The van der Waals surface area contributed by atoms with Crippen LogP contribution >= 0.6 is 0 Å². The van der Waals surface area contributed by atoms with Crippen LogP contribution in [0.5, 0.6) is 0 Å². The van der Waals surface area contributed by atoms with Gasteiger partial charge in [0.15, 0.2) is 0 Å². The van der Waals surface area contributed by atoms with E-state index in [0.717, 1.165) is 19.3 Å². The van der Waals surface area contributed by atoms with Crippen LogP contribution in [0.1, 0.15) is 33.1 Å². The van der Waals surface area contributed by atoms with Gasteiger partial charge in [0.25, 0.3) is 0 Å². The standard InChI is InChI=1S/C12H20N2O4/c1-3-17-11(15)13-9-7-5-6-8-10(9)14-12(16)18-4-2/h7,10H,3-6,8H2,1-2H3,(H,13,15)(H,14,16). The average molecular weight is 256 g/mol. The van der Waals surface area contributed by atoms with Crippen LogP contribution in [0.4, 0.5) is 9.59 Å². The number of carbonyl (C=O) groups is 2. The van der Waals surface area contributed by atoms with Gasteiger partial charge in [-0.15, -0.1) is 0 Å². The molecule has 1 rings (SSSR count). The zero-order valence-electron chi connectivity index (χ0n) is 10.8. The average Bonchev–Trinajstić information content (AvgIpc) is 2.32. The van der Waals surface area contributed by atoms with Gasteiger partial charge in [0.2, 0.25) is 0 Å². The van der Waals surface area contributed by atoms with E-state index in [1.807, 2.05) is 6.08 Å². The Balaban J connectivity index is 2.54. The molecule has 6 heteroatoms. The van der Waals surface area contributed by atoms with E-state index in [4.69, 9.17) is 9.47 Å². The van der Waals surface area contributed by atoms with E-state index < -0.39 is 12.2 Å².